The highest BCUT2D eigenvalue weighted by molar-refractivity contribution is 7.54. The Morgan fingerprint density at radius 2 is 1.65 bits per heavy atom. The van der Waals surface area contributed by atoms with Gasteiger partial charge in [0.1, 0.15) is 12.4 Å². The minimum atomic E-state index is -3.49. The van der Waals surface area contributed by atoms with Crippen LogP contribution in [0.5, 0.6) is 0 Å². The number of nitrogens with zero attached hydrogens (tertiary/aromatic N) is 1. The van der Waals surface area contributed by atoms with Crippen molar-refractivity contribution in [2.24, 2.45) is 0 Å². The van der Waals surface area contributed by atoms with Crippen LogP contribution in [0.4, 0.5) is 4.79 Å². The third kappa shape index (κ3) is 3.83. The fourth-order valence-corrected chi connectivity index (χ4v) is 4.67. The first kappa shape index (κ1) is 18.6. The molecule has 3 rings (SSSR count). The molecule has 2 aromatic carbocycles. The van der Waals surface area contributed by atoms with E-state index >= 15 is 0 Å². The molecule has 0 N–H and O–H groups in total. The molecule has 0 saturated carbocycles. The van der Waals surface area contributed by atoms with Crippen LogP contribution >= 0.6 is 7.60 Å². The molecule has 138 valence electrons. The van der Waals surface area contributed by atoms with Gasteiger partial charge in [0.15, 0.2) is 0 Å². The van der Waals surface area contributed by atoms with Gasteiger partial charge in [-0.2, -0.15) is 0 Å². The molecule has 0 spiro atoms. The quantitative estimate of drug-likeness (QED) is 0.733. The maximum Gasteiger partial charge on any atom is 0.411 e. The molecule has 0 bridgehead atoms. The molecule has 6 nitrogen and oxygen atoms in total. The second-order valence-electron chi connectivity index (χ2n) is 6.03. The van der Waals surface area contributed by atoms with Gasteiger partial charge in [-0.3, -0.25) is 9.46 Å². The van der Waals surface area contributed by atoms with Crippen LogP contribution in [0, 0.1) is 0 Å². The summed E-state index contributed by atoms with van der Waals surface area (Å²) in [4.78, 5) is 14.2. The Bertz CT molecular complexity index is 803. The van der Waals surface area contributed by atoms with E-state index in [0.29, 0.717) is 13.0 Å². The van der Waals surface area contributed by atoms with E-state index in [0.717, 1.165) is 16.7 Å². The van der Waals surface area contributed by atoms with E-state index < -0.39 is 19.5 Å². The van der Waals surface area contributed by atoms with Crippen molar-refractivity contribution >= 4 is 13.7 Å². The Balaban J connectivity index is 1.83. The first-order valence-electron chi connectivity index (χ1n) is 8.32. The fourth-order valence-electron chi connectivity index (χ4n) is 3.10. The number of rotatable bonds is 5. The van der Waals surface area contributed by atoms with Gasteiger partial charge in [-0.25, -0.2) is 4.79 Å². The summed E-state index contributed by atoms with van der Waals surface area (Å²) < 4.78 is 28.8. The highest BCUT2D eigenvalue weighted by Gasteiger charge is 2.44. The molecular formula is C19H22NO5P. The number of carbonyl (C=O) groups is 1. The molecule has 1 heterocycles. The number of ether oxygens (including phenoxy) is 1. The zero-order chi connectivity index (χ0) is 18.6. The third-order valence-corrected chi connectivity index (χ3v) is 6.74. The molecular weight excluding hydrogens is 353 g/mol. The van der Waals surface area contributed by atoms with Crippen molar-refractivity contribution in [2.75, 3.05) is 14.2 Å². The predicted octanol–water partition coefficient (Wildman–Crippen LogP) is 4.19. The standard InChI is InChI=1S/C19H22NO5P/c1-23-26(22,24-2)18-12-16-10-6-7-11-17(16)13-20(18)19(21)25-14-15-8-4-3-5-9-15/h3-11,18H,12-14H2,1-2H3. The van der Waals surface area contributed by atoms with Gasteiger partial charge in [0.2, 0.25) is 0 Å². The number of hydrogen-bond acceptors (Lipinski definition) is 5. The van der Waals surface area contributed by atoms with Crippen molar-refractivity contribution in [1.29, 1.82) is 0 Å². The van der Waals surface area contributed by atoms with E-state index in [-0.39, 0.29) is 6.61 Å². The van der Waals surface area contributed by atoms with Gasteiger partial charge >= 0.3 is 13.7 Å². The largest absolute Gasteiger partial charge is 0.445 e. The molecule has 0 aromatic heterocycles. The first-order chi connectivity index (χ1) is 12.6. The number of benzene rings is 2. The molecule has 1 atom stereocenters. The van der Waals surface area contributed by atoms with E-state index in [2.05, 4.69) is 0 Å². The summed E-state index contributed by atoms with van der Waals surface area (Å²) in [5.74, 6) is -0.726. The van der Waals surface area contributed by atoms with E-state index in [1.54, 1.807) is 0 Å². The van der Waals surface area contributed by atoms with E-state index in [9.17, 15) is 9.36 Å². The molecule has 0 radical (unpaired) electrons. The second-order valence-corrected chi connectivity index (χ2v) is 8.43. The smallest absolute Gasteiger partial charge is 0.411 e. The van der Waals surface area contributed by atoms with Gasteiger partial charge in [0, 0.05) is 20.6 Å². The Morgan fingerprint density at radius 1 is 1.04 bits per heavy atom. The van der Waals surface area contributed by atoms with Crippen LogP contribution in [0.1, 0.15) is 16.7 Å². The summed E-state index contributed by atoms with van der Waals surface area (Å²) in [6, 6.07) is 17.2. The molecule has 2 aromatic rings. The summed E-state index contributed by atoms with van der Waals surface area (Å²) in [6.45, 7) is 0.444. The number of amides is 1. The minimum Gasteiger partial charge on any atom is -0.445 e. The van der Waals surface area contributed by atoms with Crippen LogP contribution in [-0.4, -0.2) is 31.0 Å². The first-order valence-corrected chi connectivity index (χ1v) is 9.94. The molecule has 1 amide bonds. The number of fused-ring (bicyclic) bond motifs is 1. The summed E-state index contributed by atoms with van der Waals surface area (Å²) >= 11 is 0. The van der Waals surface area contributed by atoms with E-state index in [1.807, 2.05) is 54.6 Å². The molecule has 1 aliphatic heterocycles. The Morgan fingerprint density at radius 3 is 2.31 bits per heavy atom. The number of hydrogen-bond donors (Lipinski definition) is 0. The Labute approximate surface area is 153 Å². The summed E-state index contributed by atoms with van der Waals surface area (Å²) in [5.41, 5.74) is 2.91. The lowest BCUT2D eigenvalue weighted by Gasteiger charge is -2.38. The maximum atomic E-state index is 13.0. The van der Waals surface area contributed by atoms with Gasteiger partial charge in [-0.15, -0.1) is 0 Å². The van der Waals surface area contributed by atoms with Gasteiger partial charge in [-0.1, -0.05) is 54.6 Å². The van der Waals surface area contributed by atoms with E-state index in [4.69, 9.17) is 13.8 Å². The lowest BCUT2D eigenvalue weighted by Crippen LogP contribution is -2.44. The van der Waals surface area contributed by atoms with Gasteiger partial charge in [0.25, 0.3) is 0 Å². The molecule has 0 fully saturated rings. The number of carbonyl (C=O) groups excluding carboxylic acids is 1. The van der Waals surface area contributed by atoms with Crippen LogP contribution in [-0.2, 0) is 37.9 Å². The normalized spacial score (nSPS) is 16.8. The molecule has 1 aliphatic rings. The van der Waals surface area contributed by atoms with Crippen LogP contribution in [0.2, 0.25) is 0 Å². The molecule has 0 saturated heterocycles. The van der Waals surface area contributed by atoms with Gasteiger partial charge < -0.3 is 13.8 Å². The topological polar surface area (TPSA) is 65.1 Å². The lowest BCUT2D eigenvalue weighted by atomic mass is 10.00. The minimum absolute atomic E-state index is 0.148. The maximum absolute atomic E-state index is 13.0. The van der Waals surface area contributed by atoms with Crippen molar-refractivity contribution in [3.05, 3.63) is 71.3 Å². The third-order valence-electron chi connectivity index (χ3n) is 4.53. The van der Waals surface area contributed by atoms with Gasteiger partial charge in [-0.05, 0) is 16.7 Å². The van der Waals surface area contributed by atoms with Crippen LogP contribution in [0.25, 0.3) is 0 Å². The van der Waals surface area contributed by atoms with Crippen molar-refractivity contribution in [3.63, 3.8) is 0 Å². The van der Waals surface area contributed by atoms with Crippen molar-refractivity contribution in [3.8, 4) is 0 Å². The zero-order valence-corrected chi connectivity index (χ0v) is 15.7. The average Bonchev–Trinajstić information content (AvgIpc) is 2.71. The zero-order valence-electron chi connectivity index (χ0n) is 14.8. The predicted molar refractivity (Wildman–Crippen MR) is 97.7 cm³/mol. The highest BCUT2D eigenvalue weighted by Crippen LogP contribution is 2.55. The molecule has 1 unspecified atom stereocenters. The summed E-state index contributed by atoms with van der Waals surface area (Å²) in [5, 5.41) is 0. The summed E-state index contributed by atoms with van der Waals surface area (Å²) in [7, 11) is -0.829. The average molecular weight is 375 g/mol. The fraction of sp³-hybridized carbons (Fsp3) is 0.316. The monoisotopic (exact) mass is 375 g/mol. The molecule has 0 aliphatic carbocycles. The van der Waals surface area contributed by atoms with Crippen LogP contribution < -0.4 is 0 Å². The highest BCUT2D eigenvalue weighted by atomic mass is 31.2. The van der Waals surface area contributed by atoms with Crippen molar-refractivity contribution in [1.82, 2.24) is 4.90 Å². The SMILES string of the molecule is COP(=O)(OC)C1Cc2ccccc2CN1C(=O)OCc1ccccc1. The van der Waals surface area contributed by atoms with E-state index in [1.165, 1.54) is 19.1 Å². The Kier molecular flexibility index (Phi) is 5.77. The Hall–Kier alpha value is -2.14. The lowest BCUT2D eigenvalue weighted by molar-refractivity contribution is 0.0792. The van der Waals surface area contributed by atoms with Crippen LogP contribution in [0.3, 0.4) is 0 Å². The van der Waals surface area contributed by atoms with Crippen LogP contribution in [0.15, 0.2) is 54.6 Å². The molecule has 7 heteroatoms. The second kappa shape index (κ2) is 8.04. The van der Waals surface area contributed by atoms with Crippen molar-refractivity contribution in [2.45, 2.75) is 25.4 Å². The van der Waals surface area contributed by atoms with Crippen molar-refractivity contribution < 1.29 is 23.1 Å². The summed E-state index contributed by atoms with van der Waals surface area (Å²) in [6.07, 6.45) is -0.155. The molecule has 26 heavy (non-hydrogen) atoms. The van der Waals surface area contributed by atoms with Gasteiger partial charge in [0.05, 0.1) is 6.54 Å².